The Morgan fingerprint density at radius 2 is 2.11 bits per heavy atom. The summed E-state index contributed by atoms with van der Waals surface area (Å²) in [6, 6.07) is 3.59. The molecule has 1 aromatic carbocycles. The number of carbonyl (C=O) groups excluding carboxylic acids is 1. The van der Waals surface area contributed by atoms with Gasteiger partial charge in [0.15, 0.2) is 11.5 Å². The fraction of sp³-hybridized carbons (Fsp3) is 0.462. The third-order valence-corrected chi connectivity index (χ3v) is 4.12. The Morgan fingerprint density at radius 1 is 1.44 bits per heavy atom. The summed E-state index contributed by atoms with van der Waals surface area (Å²) in [7, 11) is 1.50. The molecule has 0 aliphatic heterocycles. The molecule has 4 nitrogen and oxygen atoms in total. The Bertz CT molecular complexity index is 503. The van der Waals surface area contributed by atoms with E-state index in [1.54, 1.807) is 12.1 Å². The van der Waals surface area contributed by atoms with Crippen molar-refractivity contribution in [2.24, 2.45) is 4.99 Å². The Kier molecular flexibility index (Phi) is 3.73. The van der Waals surface area contributed by atoms with Crippen molar-refractivity contribution in [3.63, 3.8) is 0 Å². The first-order valence-electron chi connectivity index (χ1n) is 5.79. The summed E-state index contributed by atoms with van der Waals surface area (Å²) >= 11 is 3.25. The number of phenols is 1. The number of aliphatic imine (C=N–C) groups is 1. The number of rotatable bonds is 3. The molecule has 1 aliphatic carbocycles. The van der Waals surface area contributed by atoms with Gasteiger partial charge in [-0.1, -0.05) is 18.9 Å². The van der Waals surface area contributed by atoms with E-state index >= 15 is 0 Å². The second-order valence-corrected chi connectivity index (χ2v) is 5.27. The smallest absolute Gasteiger partial charge is 0.235 e. The molecule has 1 saturated carbocycles. The molecular formula is C13H14BrNO3. The lowest BCUT2D eigenvalue weighted by atomic mass is 9.88. The maximum atomic E-state index is 10.7. The molecule has 1 N–H and O–H groups in total. The zero-order valence-electron chi connectivity index (χ0n) is 10.1. The molecule has 1 aliphatic rings. The maximum absolute atomic E-state index is 10.7. The van der Waals surface area contributed by atoms with Gasteiger partial charge in [0, 0.05) is 5.56 Å². The van der Waals surface area contributed by atoms with Gasteiger partial charge in [-0.05, 0) is 34.8 Å². The number of isocyanates is 1. The minimum Gasteiger partial charge on any atom is -0.503 e. The first-order chi connectivity index (χ1) is 8.64. The van der Waals surface area contributed by atoms with E-state index in [-0.39, 0.29) is 5.75 Å². The van der Waals surface area contributed by atoms with E-state index in [0.29, 0.717) is 10.2 Å². The van der Waals surface area contributed by atoms with E-state index in [1.807, 2.05) is 6.07 Å². The summed E-state index contributed by atoms with van der Waals surface area (Å²) in [4.78, 5) is 14.7. The van der Waals surface area contributed by atoms with Crippen LogP contribution in [0.3, 0.4) is 0 Å². The highest BCUT2D eigenvalue weighted by atomic mass is 79.9. The van der Waals surface area contributed by atoms with Crippen LogP contribution < -0.4 is 4.74 Å². The normalized spacial score (nSPS) is 17.2. The Labute approximate surface area is 114 Å². The number of nitrogens with zero attached hydrogens (tertiary/aromatic N) is 1. The van der Waals surface area contributed by atoms with Crippen molar-refractivity contribution in [1.82, 2.24) is 0 Å². The highest BCUT2D eigenvalue weighted by Gasteiger charge is 2.39. The lowest BCUT2D eigenvalue weighted by molar-refractivity contribution is 0.348. The van der Waals surface area contributed by atoms with Crippen molar-refractivity contribution in [3.8, 4) is 11.5 Å². The molecule has 2 rings (SSSR count). The van der Waals surface area contributed by atoms with E-state index in [9.17, 15) is 9.90 Å². The molecule has 0 spiro atoms. The van der Waals surface area contributed by atoms with Crippen LogP contribution in [-0.4, -0.2) is 18.3 Å². The summed E-state index contributed by atoms with van der Waals surface area (Å²) in [5, 5.41) is 10.0. The van der Waals surface area contributed by atoms with Crippen LogP contribution in [-0.2, 0) is 10.3 Å². The van der Waals surface area contributed by atoms with Crippen molar-refractivity contribution in [1.29, 1.82) is 0 Å². The lowest BCUT2D eigenvalue weighted by Crippen LogP contribution is -2.20. The predicted molar refractivity (Wildman–Crippen MR) is 70.6 cm³/mol. The molecule has 0 aromatic heterocycles. The summed E-state index contributed by atoms with van der Waals surface area (Å²) in [5.41, 5.74) is 0.164. The second kappa shape index (κ2) is 5.12. The van der Waals surface area contributed by atoms with Gasteiger partial charge < -0.3 is 9.84 Å². The Morgan fingerprint density at radius 3 is 2.67 bits per heavy atom. The lowest BCUT2D eigenvalue weighted by Gasteiger charge is -2.25. The number of hydrogen-bond donors (Lipinski definition) is 1. The highest BCUT2D eigenvalue weighted by molar-refractivity contribution is 9.10. The molecule has 1 fully saturated rings. The molecule has 0 unspecified atom stereocenters. The van der Waals surface area contributed by atoms with E-state index < -0.39 is 5.54 Å². The molecule has 18 heavy (non-hydrogen) atoms. The molecule has 5 heteroatoms. The van der Waals surface area contributed by atoms with Crippen LogP contribution in [0.15, 0.2) is 21.6 Å². The summed E-state index contributed by atoms with van der Waals surface area (Å²) < 4.78 is 5.83. The molecule has 96 valence electrons. The molecule has 0 saturated heterocycles. The van der Waals surface area contributed by atoms with E-state index in [0.717, 1.165) is 31.2 Å². The third kappa shape index (κ3) is 2.04. The number of ether oxygens (including phenoxy) is 1. The minimum atomic E-state index is -0.592. The van der Waals surface area contributed by atoms with Gasteiger partial charge in [0.2, 0.25) is 6.08 Å². The first kappa shape index (κ1) is 13.1. The second-order valence-electron chi connectivity index (χ2n) is 4.42. The summed E-state index contributed by atoms with van der Waals surface area (Å²) in [5.74, 6) is 0.424. The van der Waals surface area contributed by atoms with Gasteiger partial charge in [-0.3, -0.25) is 0 Å². The molecule has 0 bridgehead atoms. The summed E-state index contributed by atoms with van der Waals surface area (Å²) in [6.45, 7) is 0. The fourth-order valence-corrected chi connectivity index (χ4v) is 2.92. The van der Waals surface area contributed by atoms with Gasteiger partial charge in [-0.2, -0.15) is 4.99 Å². The van der Waals surface area contributed by atoms with E-state index in [1.165, 1.54) is 7.11 Å². The molecule has 0 amide bonds. The third-order valence-electron chi connectivity index (χ3n) is 3.48. The molecule has 0 atom stereocenters. The average Bonchev–Trinajstić information content (AvgIpc) is 2.82. The number of hydrogen-bond acceptors (Lipinski definition) is 4. The Balaban J connectivity index is 2.62. The van der Waals surface area contributed by atoms with Gasteiger partial charge in [-0.25, -0.2) is 4.79 Å². The Hall–Kier alpha value is -1.32. The van der Waals surface area contributed by atoms with Crippen molar-refractivity contribution >= 4 is 22.0 Å². The van der Waals surface area contributed by atoms with Gasteiger partial charge in [0.25, 0.3) is 0 Å². The van der Waals surface area contributed by atoms with Crippen LogP contribution in [0, 0.1) is 0 Å². The molecule has 1 aromatic rings. The minimum absolute atomic E-state index is 0.0439. The zero-order valence-corrected chi connectivity index (χ0v) is 11.7. The first-order valence-corrected chi connectivity index (χ1v) is 6.59. The number of halogens is 1. The fourth-order valence-electron chi connectivity index (χ4n) is 2.61. The molecular weight excluding hydrogens is 298 g/mol. The van der Waals surface area contributed by atoms with E-state index in [4.69, 9.17) is 4.74 Å². The van der Waals surface area contributed by atoms with Crippen molar-refractivity contribution in [2.45, 2.75) is 31.2 Å². The zero-order chi connectivity index (χ0) is 13.2. The van der Waals surface area contributed by atoms with Crippen molar-refractivity contribution in [2.75, 3.05) is 7.11 Å². The number of methoxy groups -OCH3 is 1. The standard InChI is InChI=1S/C13H14BrNO3/c1-18-12-9(4-5-10(14)11(12)17)13(15-8-16)6-2-3-7-13/h4-5,17H,2-3,6-7H2,1H3. The van der Waals surface area contributed by atoms with Crippen LogP contribution in [0.5, 0.6) is 11.5 Å². The van der Waals surface area contributed by atoms with Gasteiger partial charge in [0.1, 0.15) is 5.54 Å². The maximum Gasteiger partial charge on any atom is 0.235 e. The largest absolute Gasteiger partial charge is 0.503 e. The number of benzene rings is 1. The van der Waals surface area contributed by atoms with Crippen LogP contribution in [0.4, 0.5) is 0 Å². The van der Waals surface area contributed by atoms with Crippen molar-refractivity contribution in [3.05, 3.63) is 22.2 Å². The number of phenolic OH excluding ortho intramolecular Hbond substituents is 1. The molecule has 0 heterocycles. The van der Waals surface area contributed by atoms with E-state index in [2.05, 4.69) is 20.9 Å². The monoisotopic (exact) mass is 311 g/mol. The molecule has 0 radical (unpaired) electrons. The van der Waals surface area contributed by atoms with Gasteiger partial charge in [0.05, 0.1) is 11.6 Å². The SMILES string of the molecule is COc1c(C2(N=C=O)CCCC2)ccc(Br)c1O. The topological polar surface area (TPSA) is 58.9 Å². The van der Waals surface area contributed by atoms with Crippen LogP contribution >= 0.6 is 15.9 Å². The average molecular weight is 312 g/mol. The quantitative estimate of drug-likeness (QED) is 0.688. The predicted octanol–water partition coefficient (Wildman–Crippen LogP) is 3.27. The van der Waals surface area contributed by atoms with Gasteiger partial charge >= 0.3 is 0 Å². The van der Waals surface area contributed by atoms with Crippen molar-refractivity contribution < 1.29 is 14.6 Å². The van der Waals surface area contributed by atoms with Crippen LogP contribution in [0.2, 0.25) is 0 Å². The van der Waals surface area contributed by atoms with Gasteiger partial charge in [-0.15, -0.1) is 0 Å². The van der Waals surface area contributed by atoms with Crippen LogP contribution in [0.25, 0.3) is 0 Å². The highest BCUT2D eigenvalue weighted by Crippen LogP contribution is 2.49. The summed E-state index contributed by atoms with van der Waals surface area (Å²) in [6.07, 6.45) is 5.23. The number of aromatic hydroxyl groups is 1. The van der Waals surface area contributed by atoms with Crippen LogP contribution in [0.1, 0.15) is 31.2 Å².